The van der Waals surface area contributed by atoms with Crippen molar-refractivity contribution in [2.24, 2.45) is 4.99 Å². The van der Waals surface area contributed by atoms with Crippen molar-refractivity contribution in [1.82, 2.24) is 5.32 Å². The number of aliphatic imine (C=N–C) groups is 1. The lowest BCUT2D eigenvalue weighted by atomic mass is 9.75. The first-order valence-electron chi connectivity index (χ1n) is 10.6. The van der Waals surface area contributed by atoms with E-state index in [2.05, 4.69) is 5.32 Å². The molecule has 0 amide bonds. The minimum atomic E-state index is -0.834. The van der Waals surface area contributed by atoms with E-state index < -0.39 is 6.04 Å². The molecule has 2 aromatic carbocycles. The molecule has 0 radical (unpaired) electrons. The average Bonchev–Trinajstić information content (AvgIpc) is 3.24. The van der Waals surface area contributed by atoms with Gasteiger partial charge < -0.3 is 5.32 Å². The number of nitrogens with zero attached hydrogens (tertiary/aromatic N) is 7. The van der Waals surface area contributed by atoms with E-state index in [-0.39, 0.29) is 28.0 Å². The molecule has 0 saturated carbocycles. The van der Waals surface area contributed by atoms with Crippen molar-refractivity contribution in [3.05, 3.63) is 93.2 Å². The number of benzene rings is 2. The third kappa shape index (κ3) is 2.85. The number of hydrogen-bond acceptors (Lipinski definition) is 8. The molecule has 0 aromatic heterocycles. The topological polar surface area (TPSA) is 167 Å². The fourth-order valence-corrected chi connectivity index (χ4v) is 4.81. The van der Waals surface area contributed by atoms with Gasteiger partial charge in [0.25, 0.3) is 0 Å². The van der Waals surface area contributed by atoms with E-state index in [0.29, 0.717) is 44.8 Å². The number of fused-ring (bicyclic) bond motifs is 4. The predicted molar refractivity (Wildman–Crippen MR) is 129 cm³/mol. The van der Waals surface area contributed by atoms with Crippen LogP contribution in [0.3, 0.4) is 0 Å². The second kappa shape index (κ2) is 8.30. The molecule has 3 aliphatic rings. The van der Waals surface area contributed by atoms with E-state index in [1.54, 1.807) is 36.4 Å². The van der Waals surface area contributed by atoms with Crippen molar-refractivity contribution >= 4 is 28.1 Å². The van der Waals surface area contributed by atoms with Gasteiger partial charge in [-0.3, -0.25) is 0 Å². The zero-order chi connectivity index (χ0) is 25.4. The molecule has 2 aliphatic carbocycles. The van der Waals surface area contributed by atoms with E-state index in [1.165, 1.54) is 0 Å². The van der Waals surface area contributed by atoms with Crippen LogP contribution in [0.5, 0.6) is 0 Å². The van der Waals surface area contributed by atoms with Crippen LogP contribution in [0.2, 0.25) is 0 Å². The van der Waals surface area contributed by atoms with Crippen molar-refractivity contribution in [2.75, 3.05) is 0 Å². The molecule has 36 heavy (non-hydrogen) atoms. The third-order valence-corrected chi connectivity index (χ3v) is 6.21. The molecule has 1 N–H and O–H groups in total. The van der Waals surface area contributed by atoms with Crippen LogP contribution in [0.1, 0.15) is 22.3 Å². The monoisotopic (exact) mass is 458 g/mol. The first kappa shape index (κ1) is 21.6. The molecule has 0 fully saturated rings. The Bertz CT molecular complexity index is 1770. The molecule has 0 bridgehead atoms. The predicted octanol–water partition coefficient (Wildman–Crippen LogP) is 3.90. The molecule has 8 nitrogen and oxygen atoms in total. The summed E-state index contributed by atoms with van der Waals surface area (Å²) in [5, 5.41) is 61.8. The smallest absolute Gasteiger partial charge is 0.139 e. The number of hydrogen-bond donors (Lipinski definition) is 1. The fourth-order valence-electron chi connectivity index (χ4n) is 4.81. The highest BCUT2D eigenvalue weighted by atomic mass is 15.0. The molecule has 8 heteroatoms. The molecule has 1 heterocycles. The highest BCUT2D eigenvalue weighted by molar-refractivity contribution is 6.36. The molecule has 162 valence electrons. The third-order valence-electron chi connectivity index (χ3n) is 6.21. The number of nitrogens with one attached hydrogen (secondary N) is 1. The van der Waals surface area contributed by atoms with Gasteiger partial charge in [-0.15, -0.1) is 0 Å². The Morgan fingerprint density at radius 3 is 1.64 bits per heavy atom. The first-order valence-corrected chi connectivity index (χ1v) is 10.6. The zero-order valence-corrected chi connectivity index (χ0v) is 18.3. The van der Waals surface area contributed by atoms with Gasteiger partial charge in [0.1, 0.15) is 53.1 Å². The highest BCUT2D eigenvalue weighted by Gasteiger charge is 2.43. The van der Waals surface area contributed by atoms with Gasteiger partial charge in [0, 0.05) is 22.3 Å². The molecule has 5 rings (SSSR count). The zero-order valence-electron chi connectivity index (χ0n) is 18.3. The maximum atomic E-state index is 9.78. The van der Waals surface area contributed by atoms with Gasteiger partial charge in [0.05, 0.1) is 23.1 Å². The Balaban J connectivity index is 1.95. The molecule has 2 aromatic rings. The summed E-state index contributed by atoms with van der Waals surface area (Å²) in [6.07, 6.45) is 0. The van der Waals surface area contributed by atoms with Gasteiger partial charge in [-0.25, -0.2) is 4.99 Å². The fraction of sp³-hybridized carbons (Fsp3) is 0.0357. The van der Waals surface area contributed by atoms with Crippen LogP contribution in [-0.2, 0) is 0 Å². The second-order valence-electron chi connectivity index (χ2n) is 7.85. The van der Waals surface area contributed by atoms with E-state index >= 15 is 0 Å². The van der Waals surface area contributed by atoms with Gasteiger partial charge in [-0.05, 0) is 16.7 Å². The van der Waals surface area contributed by atoms with Crippen molar-refractivity contribution in [3.63, 3.8) is 0 Å². The summed E-state index contributed by atoms with van der Waals surface area (Å²) in [7, 11) is 0. The van der Waals surface area contributed by atoms with Crippen molar-refractivity contribution < 1.29 is 0 Å². The quantitative estimate of drug-likeness (QED) is 0.584. The lowest BCUT2D eigenvalue weighted by Crippen LogP contribution is -2.43. The van der Waals surface area contributed by atoms with Crippen LogP contribution >= 0.6 is 0 Å². The van der Waals surface area contributed by atoms with Gasteiger partial charge >= 0.3 is 0 Å². The van der Waals surface area contributed by atoms with Crippen molar-refractivity contribution in [1.29, 1.82) is 31.6 Å². The summed E-state index contributed by atoms with van der Waals surface area (Å²) in [5.41, 5.74) is 3.97. The Morgan fingerprint density at radius 1 is 0.611 bits per heavy atom. The SMILES string of the molecule is N#CC(C#N)=C1C2=C(NC3C(=N2)C(=C(C#N)C#N)c2ccccc2C3=C(C#N)C#N)c2ccccc21. The second-order valence-corrected chi connectivity index (χ2v) is 7.85. The Kier molecular flexibility index (Phi) is 4.99. The maximum Gasteiger partial charge on any atom is 0.139 e. The number of rotatable bonds is 0. The van der Waals surface area contributed by atoms with Crippen LogP contribution < -0.4 is 5.32 Å². The first-order chi connectivity index (χ1) is 17.6. The normalized spacial score (nSPS) is 16.0. The molecular formula is C28H10N8. The van der Waals surface area contributed by atoms with E-state index in [0.717, 1.165) is 0 Å². The van der Waals surface area contributed by atoms with Crippen LogP contribution in [0.15, 0.2) is 75.9 Å². The minimum absolute atomic E-state index is 0.134. The van der Waals surface area contributed by atoms with Gasteiger partial charge in [-0.1, -0.05) is 48.5 Å². The minimum Gasteiger partial charge on any atom is -0.370 e. The Labute approximate surface area is 205 Å². The number of allylic oxidation sites excluding steroid dienone is 4. The van der Waals surface area contributed by atoms with Crippen molar-refractivity contribution in [3.8, 4) is 36.4 Å². The largest absolute Gasteiger partial charge is 0.370 e. The summed E-state index contributed by atoms with van der Waals surface area (Å²) < 4.78 is 0. The van der Waals surface area contributed by atoms with Gasteiger partial charge in [0.15, 0.2) is 0 Å². The highest BCUT2D eigenvalue weighted by Crippen LogP contribution is 2.48. The molecule has 1 unspecified atom stereocenters. The van der Waals surface area contributed by atoms with Gasteiger partial charge in [0.2, 0.25) is 0 Å². The van der Waals surface area contributed by atoms with Gasteiger partial charge in [-0.2, -0.15) is 31.6 Å². The Hall–Kier alpha value is -6.19. The van der Waals surface area contributed by atoms with Crippen LogP contribution in [0.25, 0.3) is 22.4 Å². The average molecular weight is 458 g/mol. The van der Waals surface area contributed by atoms with Crippen LogP contribution in [0, 0.1) is 68.0 Å². The van der Waals surface area contributed by atoms with E-state index in [9.17, 15) is 31.6 Å². The summed E-state index contributed by atoms with van der Waals surface area (Å²) >= 11 is 0. The van der Waals surface area contributed by atoms with E-state index in [1.807, 2.05) is 48.5 Å². The standard InChI is InChI=1S/C28H10N8/c29-9-15(10-30)22-18-5-1-2-6-19(18)23(16(11-31)12-32)28-27(22)35-25-21-8-4-3-7-20(21)24(26(25)36-28)17(13-33)14-34/h1-8,27,35H. The molecular weight excluding hydrogens is 448 g/mol. The number of nitriles is 6. The summed E-state index contributed by atoms with van der Waals surface area (Å²) in [6.45, 7) is 0. The van der Waals surface area contributed by atoms with Crippen LogP contribution in [-0.4, -0.2) is 11.8 Å². The molecule has 1 aliphatic heterocycles. The molecule has 1 atom stereocenters. The Morgan fingerprint density at radius 2 is 1.08 bits per heavy atom. The van der Waals surface area contributed by atoms with Crippen molar-refractivity contribution in [2.45, 2.75) is 6.04 Å². The summed E-state index contributed by atoms with van der Waals surface area (Å²) in [5.74, 6) is 0. The summed E-state index contributed by atoms with van der Waals surface area (Å²) in [6, 6.07) is 24.9. The van der Waals surface area contributed by atoms with Crippen LogP contribution in [0.4, 0.5) is 0 Å². The van der Waals surface area contributed by atoms with E-state index in [4.69, 9.17) is 4.99 Å². The maximum absolute atomic E-state index is 9.78. The lowest BCUT2D eigenvalue weighted by molar-refractivity contribution is 0.886. The molecule has 0 saturated heterocycles. The summed E-state index contributed by atoms with van der Waals surface area (Å²) in [4.78, 5) is 4.84. The lowest BCUT2D eigenvalue weighted by Gasteiger charge is -2.35. The molecule has 0 spiro atoms.